The zero-order chi connectivity index (χ0) is 13.7. The number of anilines is 2. The van der Waals surface area contributed by atoms with Crippen LogP contribution < -0.4 is 16.0 Å². The number of ether oxygens (including phenoxy) is 1. The predicted molar refractivity (Wildman–Crippen MR) is 76.4 cm³/mol. The summed E-state index contributed by atoms with van der Waals surface area (Å²) >= 11 is 0. The quantitative estimate of drug-likeness (QED) is 0.809. The monoisotopic (exact) mass is 263 g/mol. The van der Waals surface area contributed by atoms with Crippen LogP contribution in [0.1, 0.15) is 13.3 Å². The van der Waals surface area contributed by atoms with Gasteiger partial charge in [0.15, 0.2) is 0 Å². The van der Waals surface area contributed by atoms with E-state index in [0.717, 1.165) is 24.3 Å². The van der Waals surface area contributed by atoms with E-state index in [2.05, 4.69) is 10.2 Å². The Morgan fingerprint density at radius 1 is 1.47 bits per heavy atom. The molecule has 1 aromatic carbocycles. The number of benzene rings is 1. The number of carbonyl (C=O) groups excluding carboxylic acids is 1. The molecule has 0 aliphatic carbocycles. The number of carbonyl (C=O) groups is 1. The number of amides is 1. The maximum atomic E-state index is 11.7. The van der Waals surface area contributed by atoms with Gasteiger partial charge in [-0.25, -0.2) is 0 Å². The number of rotatable bonds is 6. The highest BCUT2D eigenvalue weighted by Gasteiger charge is 2.21. The number of nitrogens with zero attached hydrogens (tertiary/aromatic N) is 1. The van der Waals surface area contributed by atoms with Gasteiger partial charge in [0.25, 0.3) is 0 Å². The van der Waals surface area contributed by atoms with Gasteiger partial charge in [-0.2, -0.15) is 0 Å². The molecule has 3 N–H and O–H groups in total. The normalized spacial score (nSPS) is 15.9. The van der Waals surface area contributed by atoms with E-state index >= 15 is 0 Å². The molecular formula is C14H21N3O2. The third-order valence-corrected chi connectivity index (χ3v) is 3.24. The summed E-state index contributed by atoms with van der Waals surface area (Å²) in [5, 5.41) is 2.88. The van der Waals surface area contributed by atoms with Gasteiger partial charge >= 0.3 is 0 Å². The Kier molecular flexibility index (Phi) is 4.76. The minimum absolute atomic E-state index is 0.0272. The Morgan fingerprint density at radius 3 is 3.00 bits per heavy atom. The molecule has 5 nitrogen and oxygen atoms in total. The van der Waals surface area contributed by atoms with Crippen LogP contribution >= 0.6 is 0 Å². The van der Waals surface area contributed by atoms with E-state index in [9.17, 15) is 4.79 Å². The highest BCUT2D eigenvalue weighted by atomic mass is 16.5. The maximum absolute atomic E-state index is 11.7. The van der Waals surface area contributed by atoms with E-state index in [1.165, 1.54) is 0 Å². The molecule has 0 radical (unpaired) electrons. The fourth-order valence-electron chi connectivity index (χ4n) is 2.31. The number of fused-ring (bicyclic) bond motifs is 1. The van der Waals surface area contributed by atoms with Crippen LogP contribution in [0.2, 0.25) is 0 Å². The van der Waals surface area contributed by atoms with Gasteiger partial charge in [-0.05, 0) is 25.5 Å². The lowest BCUT2D eigenvalue weighted by atomic mass is 10.1. The van der Waals surface area contributed by atoms with Crippen molar-refractivity contribution in [1.82, 2.24) is 0 Å². The third-order valence-electron chi connectivity index (χ3n) is 3.24. The van der Waals surface area contributed by atoms with E-state index in [-0.39, 0.29) is 12.0 Å². The van der Waals surface area contributed by atoms with Gasteiger partial charge in [0.2, 0.25) is 5.91 Å². The highest BCUT2D eigenvalue weighted by molar-refractivity contribution is 6.01. The number of nitrogens with one attached hydrogen (secondary N) is 1. The van der Waals surface area contributed by atoms with Crippen LogP contribution in [-0.2, 0) is 9.53 Å². The first-order valence-corrected chi connectivity index (χ1v) is 6.70. The number of para-hydroxylation sites is 2. The van der Waals surface area contributed by atoms with Gasteiger partial charge < -0.3 is 20.7 Å². The van der Waals surface area contributed by atoms with Crippen LogP contribution in [0.15, 0.2) is 24.3 Å². The van der Waals surface area contributed by atoms with Crippen molar-refractivity contribution >= 4 is 17.3 Å². The molecule has 104 valence electrons. The molecule has 2 rings (SSSR count). The van der Waals surface area contributed by atoms with E-state index < -0.39 is 0 Å². The molecule has 1 aliphatic heterocycles. The van der Waals surface area contributed by atoms with Gasteiger partial charge in [-0.1, -0.05) is 12.1 Å². The summed E-state index contributed by atoms with van der Waals surface area (Å²) in [6.45, 7) is 4.30. The average Bonchev–Trinajstić information content (AvgIpc) is 2.43. The van der Waals surface area contributed by atoms with E-state index in [0.29, 0.717) is 19.7 Å². The van der Waals surface area contributed by atoms with Crippen LogP contribution in [0.5, 0.6) is 0 Å². The first kappa shape index (κ1) is 13.8. The minimum atomic E-state index is 0.0272. The molecule has 1 aliphatic rings. The molecule has 0 saturated carbocycles. The molecule has 0 saturated heterocycles. The van der Waals surface area contributed by atoms with Gasteiger partial charge in [-0.15, -0.1) is 0 Å². The summed E-state index contributed by atoms with van der Waals surface area (Å²) in [6.07, 6.45) is 0.883. The van der Waals surface area contributed by atoms with E-state index in [1.807, 2.05) is 31.2 Å². The smallest absolute Gasteiger partial charge is 0.243 e. The summed E-state index contributed by atoms with van der Waals surface area (Å²) in [7, 11) is 0. The molecule has 1 aromatic rings. The molecule has 1 unspecified atom stereocenters. The summed E-state index contributed by atoms with van der Waals surface area (Å²) in [6, 6.07) is 7.84. The van der Waals surface area contributed by atoms with Gasteiger partial charge in [0, 0.05) is 19.7 Å². The van der Waals surface area contributed by atoms with Gasteiger partial charge in [0.1, 0.15) is 0 Å². The van der Waals surface area contributed by atoms with Crippen molar-refractivity contribution in [3.63, 3.8) is 0 Å². The van der Waals surface area contributed by atoms with Crippen LogP contribution in [0.4, 0.5) is 11.4 Å². The number of hydrogen-bond donors (Lipinski definition) is 2. The van der Waals surface area contributed by atoms with Crippen molar-refractivity contribution in [2.75, 3.05) is 36.5 Å². The molecule has 0 bridgehead atoms. The average molecular weight is 263 g/mol. The van der Waals surface area contributed by atoms with Crippen molar-refractivity contribution in [3.05, 3.63) is 24.3 Å². The van der Waals surface area contributed by atoms with Crippen molar-refractivity contribution in [3.8, 4) is 0 Å². The second-order valence-corrected chi connectivity index (χ2v) is 4.59. The molecule has 1 atom stereocenters. The zero-order valence-corrected chi connectivity index (χ0v) is 11.3. The number of hydrogen-bond acceptors (Lipinski definition) is 4. The first-order valence-electron chi connectivity index (χ1n) is 6.70. The molecule has 19 heavy (non-hydrogen) atoms. The van der Waals surface area contributed by atoms with Gasteiger partial charge in [0.05, 0.1) is 24.0 Å². The maximum Gasteiger partial charge on any atom is 0.243 e. The lowest BCUT2D eigenvalue weighted by molar-refractivity contribution is -0.115. The topological polar surface area (TPSA) is 67.6 Å². The van der Waals surface area contributed by atoms with E-state index in [4.69, 9.17) is 10.5 Å². The Hall–Kier alpha value is -1.59. The third kappa shape index (κ3) is 3.45. The Bertz CT molecular complexity index is 436. The lowest BCUT2D eigenvalue weighted by Crippen LogP contribution is -2.40. The molecule has 5 heteroatoms. The van der Waals surface area contributed by atoms with Crippen LogP contribution in [0, 0.1) is 0 Å². The SMILES string of the molecule is CCOC(CN)CCN1CC(=O)Nc2ccccc21. The second kappa shape index (κ2) is 6.54. The Morgan fingerprint density at radius 2 is 2.26 bits per heavy atom. The molecule has 0 fully saturated rings. The van der Waals surface area contributed by atoms with Crippen LogP contribution in [0.3, 0.4) is 0 Å². The molecule has 0 spiro atoms. The van der Waals surface area contributed by atoms with Gasteiger partial charge in [-0.3, -0.25) is 4.79 Å². The van der Waals surface area contributed by atoms with Crippen molar-refractivity contribution in [2.45, 2.75) is 19.4 Å². The summed E-state index contributed by atoms with van der Waals surface area (Å²) < 4.78 is 5.54. The van der Waals surface area contributed by atoms with Crippen LogP contribution in [0.25, 0.3) is 0 Å². The second-order valence-electron chi connectivity index (χ2n) is 4.59. The largest absolute Gasteiger partial charge is 0.377 e. The predicted octanol–water partition coefficient (Wildman–Crippen LogP) is 1.20. The summed E-state index contributed by atoms with van der Waals surface area (Å²) in [5.41, 5.74) is 7.61. The molecule has 1 heterocycles. The zero-order valence-electron chi connectivity index (χ0n) is 11.3. The Labute approximate surface area is 113 Å². The highest BCUT2D eigenvalue weighted by Crippen LogP contribution is 2.28. The summed E-state index contributed by atoms with van der Waals surface area (Å²) in [5.74, 6) is 0.0272. The molecule has 0 aromatic heterocycles. The fraction of sp³-hybridized carbons (Fsp3) is 0.500. The van der Waals surface area contributed by atoms with Crippen molar-refractivity contribution < 1.29 is 9.53 Å². The number of nitrogens with two attached hydrogens (primary N) is 1. The first-order chi connectivity index (χ1) is 9.24. The molecule has 1 amide bonds. The van der Waals surface area contributed by atoms with Crippen LogP contribution in [-0.4, -0.2) is 38.3 Å². The van der Waals surface area contributed by atoms with E-state index in [1.54, 1.807) is 0 Å². The van der Waals surface area contributed by atoms with Crippen molar-refractivity contribution in [1.29, 1.82) is 0 Å². The van der Waals surface area contributed by atoms with Crippen molar-refractivity contribution in [2.24, 2.45) is 5.73 Å². The standard InChI is InChI=1S/C14H21N3O2/c1-2-19-11(9-15)7-8-17-10-14(18)16-12-5-3-4-6-13(12)17/h3-6,11H,2,7-10,15H2,1H3,(H,16,18). The fourth-order valence-corrected chi connectivity index (χ4v) is 2.31. The minimum Gasteiger partial charge on any atom is -0.377 e. The Balaban J connectivity index is 2.02. The summed E-state index contributed by atoms with van der Waals surface area (Å²) in [4.78, 5) is 13.7. The lowest BCUT2D eigenvalue weighted by Gasteiger charge is -2.31. The molecular weight excluding hydrogens is 242 g/mol.